The zero-order chi connectivity index (χ0) is 24.1. The van der Waals surface area contributed by atoms with Crippen molar-refractivity contribution >= 4 is 46.1 Å². The van der Waals surface area contributed by atoms with E-state index in [9.17, 15) is 10.1 Å². The Hall–Kier alpha value is -3.52. The molecule has 3 aromatic carbocycles. The highest BCUT2D eigenvalue weighted by Gasteiger charge is 2.16. The van der Waals surface area contributed by atoms with Gasteiger partial charge in [0.15, 0.2) is 0 Å². The maximum atomic E-state index is 12.7. The van der Waals surface area contributed by atoms with Crippen molar-refractivity contribution < 1.29 is 4.79 Å². The molecule has 0 aliphatic rings. The minimum atomic E-state index is -0.376. The molecule has 0 saturated carbocycles. The van der Waals surface area contributed by atoms with Gasteiger partial charge in [0.25, 0.3) is 5.91 Å². The van der Waals surface area contributed by atoms with Crippen LogP contribution in [0.5, 0.6) is 0 Å². The van der Waals surface area contributed by atoms with Gasteiger partial charge in [-0.3, -0.25) is 4.79 Å². The Balaban J connectivity index is 1.62. The lowest BCUT2D eigenvalue weighted by atomic mass is 10.1. The molecule has 0 fully saturated rings. The first-order valence-corrected chi connectivity index (χ1v) is 11.7. The molecule has 4 rings (SSSR count). The molecule has 0 aliphatic carbocycles. The van der Waals surface area contributed by atoms with Crippen LogP contribution in [0.3, 0.4) is 0 Å². The van der Waals surface area contributed by atoms with Gasteiger partial charge in [-0.25, -0.2) is 0 Å². The fourth-order valence-corrected chi connectivity index (χ4v) is 4.34. The van der Waals surface area contributed by atoms with Crippen LogP contribution >= 0.6 is 23.2 Å². The quantitative estimate of drug-likeness (QED) is 0.236. The standard InChI is InChI=1S/C28H23Cl2N3O/c1-19-24(16-22(17-31)28(34)32-14-13-20-7-3-2-4-8-20)23-9-5-6-10-27(23)33(19)18-21-11-12-25(29)26(30)15-21/h2-12,15-16H,13-14,18H2,1H3,(H,32,34)/b22-16+. The Morgan fingerprint density at radius 3 is 2.47 bits per heavy atom. The SMILES string of the molecule is Cc1c(/C=C(\C#N)C(=O)NCCc2ccccc2)c2ccccc2n1Cc1ccc(Cl)c(Cl)c1. The maximum Gasteiger partial charge on any atom is 0.261 e. The van der Waals surface area contributed by atoms with Crippen LogP contribution in [0.1, 0.15) is 22.4 Å². The Labute approximate surface area is 209 Å². The van der Waals surface area contributed by atoms with Gasteiger partial charge in [0.2, 0.25) is 0 Å². The van der Waals surface area contributed by atoms with E-state index >= 15 is 0 Å². The van der Waals surface area contributed by atoms with Crippen molar-refractivity contribution in [2.75, 3.05) is 6.54 Å². The summed E-state index contributed by atoms with van der Waals surface area (Å²) in [7, 11) is 0. The van der Waals surface area contributed by atoms with Gasteiger partial charge in [-0.1, -0.05) is 77.8 Å². The third-order valence-corrected chi connectivity index (χ3v) is 6.54. The number of carbonyl (C=O) groups is 1. The second-order valence-corrected chi connectivity index (χ2v) is 8.83. The summed E-state index contributed by atoms with van der Waals surface area (Å²) < 4.78 is 2.16. The molecule has 1 heterocycles. The summed E-state index contributed by atoms with van der Waals surface area (Å²) in [4.78, 5) is 12.7. The lowest BCUT2D eigenvalue weighted by Crippen LogP contribution is -2.26. The number of hydrogen-bond donors (Lipinski definition) is 1. The molecule has 1 aromatic heterocycles. The van der Waals surface area contributed by atoms with E-state index in [0.717, 1.165) is 33.3 Å². The van der Waals surface area contributed by atoms with E-state index in [1.165, 1.54) is 0 Å². The van der Waals surface area contributed by atoms with E-state index < -0.39 is 0 Å². The number of halogens is 2. The maximum absolute atomic E-state index is 12.7. The third-order valence-electron chi connectivity index (χ3n) is 5.80. The van der Waals surface area contributed by atoms with Gasteiger partial charge in [-0.2, -0.15) is 5.26 Å². The number of para-hydroxylation sites is 1. The van der Waals surface area contributed by atoms with E-state index in [2.05, 4.69) is 16.0 Å². The average Bonchev–Trinajstić information content (AvgIpc) is 3.11. The van der Waals surface area contributed by atoms with Crippen molar-refractivity contribution in [3.8, 4) is 6.07 Å². The minimum Gasteiger partial charge on any atom is -0.351 e. The first kappa shape index (κ1) is 23.6. The van der Waals surface area contributed by atoms with E-state index in [0.29, 0.717) is 29.6 Å². The molecule has 0 unspecified atom stereocenters. The summed E-state index contributed by atoms with van der Waals surface area (Å²) in [5.74, 6) is -0.376. The number of fused-ring (bicyclic) bond motifs is 1. The summed E-state index contributed by atoms with van der Waals surface area (Å²) in [6.45, 7) is 3.04. The number of amides is 1. The second-order valence-electron chi connectivity index (χ2n) is 8.01. The molecule has 4 aromatic rings. The van der Waals surface area contributed by atoms with Crippen LogP contribution in [-0.4, -0.2) is 17.0 Å². The number of benzene rings is 3. The largest absolute Gasteiger partial charge is 0.351 e. The number of nitrogens with zero attached hydrogens (tertiary/aromatic N) is 2. The molecule has 0 aliphatic heterocycles. The summed E-state index contributed by atoms with van der Waals surface area (Å²) in [6, 6.07) is 25.5. The summed E-state index contributed by atoms with van der Waals surface area (Å²) in [6.07, 6.45) is 2.38. The van der Waals surface area contributed by atoms with Gasteiger partial charge in [0.05, 0.1) is 10.0 Å². The molecule has 6 heteroatoms. The third kappa shape index (κ3) is 5.17. The number of nitriles is 1. The fourth-order valence-electron chi connectivity index (χ4n) is 4.02. The minimum absolute atomic E-state index is 0.0774. The Kier molecular flexibility index (Phi) is 7.37. The van der Waals surface area contributed by atoms with Crippen molar-refractivity contribution in [1.82, 2.24) is 9.88 Å². The molecule has 1 amide bonds. The molecule has 4 nitrogen and oxygen atoms in total. The van der Waals surface area contributed by atoms with Gasteiger partial charge in [0, 0.05) is 35.2 Å². The molecule has 1 N–H and O–H groups in total. The van der Waals surface area contributed by atoms with Crippen LogP contribution in [0.25, 0.3) is 17.0 Å². The molecule has 0 bridgehead atoms. The van der Waals surface area contributed by atoms with Gasteiger partial charge in [-0.05, 0) is 48.7 Å². The highest BCUT2D eigenvalue weighted by molar-refractivity contribution is 6.42. The normalized spacial score (nSPS) is 11.4. The number of carbonyl (C=O) groups excluding carboxylic acids is 1. The van der Waals surface area contributed by atoms with Gasteiger partial charge >= 0.3 is 0 Å². The molecule has 0 radical (unpaired) electrons. The zero-order valence-corrected chi connectivity index (χ0v) is 20.2. The Morgan fingerprint density at radius 1 is 1.00 bits per heavy atom. The predicted molar refractivity (Wildman–Crippen MR) is 139 cm³/mol. The molecule has 34 heavy (non-hydrogen) atoms. The smallest absolute Gasteiger partial charge is 0.261 e. The van der Waals surface area contributed by atoms with Crippen molar-refractivity contribution in [3.63, 3.8) is 0 Å². The Bertz CT molecular complexity index is 1420. The molecule has 170 valence electrons. The number of hydrogen-bond acceptors (Lipinski definition) is 2. The van der Waals surface area contributed by atoms with E-state index in [1.807, 2.05) is 73.7 Å². The van der Waals surface area contributed by atoms with E-state index in [1.54, 1.807) is 12.1 Å². The van der Waals surface area contributed by atoms with Gasteiger partial charge < -0.3 is 9.88 Å². The van der Waals surface area contributed by atoms with Crippen LogP contribution in [0, 0.1) is 18.3 Å². The van der Waals surface area contributed by atoms with E-state index in [-0.39, 0.29) is 11.5 Å². The average molecular weight is 488 g/mol. The molecule has 0 atom stereocenters. The summed E-state index contributed by atoms with van der Waals surface area (Å²) in [5, 5.41) is 14.6. The summed E-state index contributed by atoms with van der Waals surface area (Å²) >= 11 is 12.3. The van der Waals surface area contributed by atoms with Crippen molar-refractivity contribution in [2.45, 2.75) is 19.9 Å². The van der Waals surface area contributed by atoms with Crippen LogP contribution < -0.4 is 5.32 Å². The Morgan fingerprint density at radius 2 is 1.74 bits per heavy atom. The van der Waals surface area contributed by atoms with Gasteiger partial charge in [-0.15, -0.1) is 0 Å². The van der Waals surface area contributed by atoms with E-state index in [4.69, 9.17) is 23.2 Å². The topological polar surface area (TPSA) is 57.8 Å². The number of aromatic nitrogens is 1. The fraction of sp³-hybridized carbons (Fsp3) is 0.143. The van der Waals surface area contributed by atoms with Crippen LogP contribution in [0.2, 0.25) is 10.0 Å². The molecular formula is C28H23Cl2N3O. The van der Waals surface area contributed by atoms with Crippen molar-refractivity contribution in [1.29, 1.82) is 5.26 Å². The zero-order valence-electron chi connectivity index (χ0n) is 18.7. The molecule has 0 saturated heterocycles. The monoisotopic (exact) mass is 487 g/mol. The van der Waals surface area contributed by atoms with Crippen molar-refractivity contribution in [2.24, 2.45) is 0 Å². The number of nitrogens with one attached hydrogen (secondary N) is 1. The lowest BCUT2D eigenvalue weighted by Gasteiger charge is -2.10. The number of rotatable bonds is 7. The van der Waals surface area contributed by atoms with Gasteiger partial charge in [0.1, 0.15) is 11.6 Å². The van der Waals surface area contributed by atoms with Crippen LogP contribution in [0.4, 0.5) is 0 Å². The predicted octanol–water partition coefficient (Wildman–Crippen LogP) is 6.57. The summed E-state index contributed by atoms with van der Waals surface area (Å²) in [5.41, 5.74) is 5.04. The molecular weight excluding hydrogens is 465 g/mol. The van der Waals surface area contributed by atoms with Crippen molar-refractivity contribution in [3.05, 3.63) is 111 Å². The highest BCUT2D eigenvalue weighted by atomic mass is 35.5. The van der Waals surface area contributed by atoms with Crippen LogP contribution in [0.15, 0.2) is 78.4 Å². The first-order chi connectivity index (χ1) is 16.5. The van der Waals surface area contributed by atoms with Crippen LogP contribution in [-0.2, 0) is 17.8 Å². The lowest BCUT2D eigenvalue weighted by molar-refractivity contribution is -0.117. The highest BCUT2D eigenvalue weighted by Crippen LogP contribution is 2.30. The first-order valence-electron chi connectivity index (χ1n) is 10.9. The second kappa shape index (κ2) is 10.6. The molecule has 0 spiro atoms.